The van der Waals surface area contributed by atoms with Crippen molar-refractivity contribution < 1.29 is 9.32 Å². The van der Waals surface area contributed by atoms with Gasteiger partial charge < -0.3 is 14.0 Å². The lowest BCUT2D eigenvalue weighted by molar-refractivity contribution is -0.133. The van der Waals surface area contributed by atoms with Crippen LogP contribution in [0.5, 0.6) is 0 Å². The fraction of sp³-hybridized carbons (Fsp3) is 0.632. The maximum atomic E-state index is 12.9. The summed E-state index contributed by atoms with van der Waals surface area (Å²) in [5.74, 6) is 2.10. The molecule has 134 valence electrons. The molecule has 0 unspecified atom stereocenters. The molecule has 0 spiro atoms. The molecule has 25 heavy (non-hydrogen) atoms. The van der Waals surface area contributed by atoms with E-state index in [2.05, 4.69) is 45.0 Å². The molecule has 6 heteroatoms. The maximum Gasteiger partial charge on any atom is 0.227 e. The predicted octanol–water partition coefficient (Wildman–Crippen LogP) is 3.36. The Hall–Kier alpha value is -2.11. The largest absolute Gasteiger partial charge is 0.353 e. The Morgan fingerprint density at radius 3 is 2.92 bits per heavy atom. The second-order valence-electron chi connectivity index (χ2n) is 7.32. The smallest absolute Gasteiger partial charge is 0.227 e. The Morgan fingerprint density at radius 1 is 1.28 bits per heavy atom. The van der Waals surface area contributed by atoms with Crippen molar-refractivity contribution in [1.82, 2.24) is 19.6 Å². The van der Waals surface area contributed by atoms with Crippen LogP contribution in [0, 0.1) is 0 Å². The third kappa shape index (κ3) is 3.62. The molecule has 1 atom stereocenters. The first-order chi connectivity index (χ1) is 12.2. The number of nitrogens with zero attached hydrogens (tertiary/aromatic N) is 4. The monoisotopic (exact) mass is 342 g/mol. The van der Waals surface area contributed by atoms with E-state index in [-0.39, 0.29) is 11.9 Å². The number of amides is 1. The molecule has 1 amide bonds. The second-order valence-corrected chi connectivity index (χ2v) is 7.32. The molecular formula is C19H26N4O2. The number of hydrogen-bond donors (Lipinski definition) is 0. The lowest BCUT2D eigenvalue weighted by Crippen LogP contribution is -2.35. The third-order valence-electron chi connectivity index (χ3n) is 5.38. The van der Waals surface area contributed by atoms with Gasteiger partial charge in [-0.3, -0.25) is 4.79 Å². The Bertz CT molecular complexity index is 731. The molecule has 6 nitrogen and oxygen atoms in total. The number of likely N-dealkylation sites (tertiary alicyclic amines) is 1. The van der Waals surface area contributed by atoms with Gasteiger partial charge in [0.25, 0.3) is 0 Å². The predicted molar refractivity (Wildman–Crippen MR) is 92.9 cm³/mol. The van der Waals surface area contributed by atoms with Gasteiger partial charge in [-0.25, -0.2) is 0 Å². The zero-order valence-electron chi connectivity index (χ0n) is 14.9. The third-order valence-corrected chi connectivity index (χ3v) is 5.38. The van der Waals surface area contributed by atoms with Crippen LogP contribution in [0.4, 0.5) is 0 Å². The van der Waals surface area contributed by atoms with Gasteiger partial charge in [-0.2, -0.15) is 4.98 Å². The van der Waals surface area contributed by atoms with Crippen molar-refractivity contribution in [1.29, 1.82) is 0 Å². The minimum absolute atomic E-state index is 0.180. The second kappa shape index (κ2) is 7.02. The topological polar surface area (TPSA) is 64.2 Å². The van der Waals surface area contributed by atoms with Gasteiger partial charge in [-0.05, 0) is 37.8 Å². The summed E-state index contributed by atoms with van der Waals surface area (Å²) in [5.41, 5.74) is 1.23. The van der Waals surface area contributed by atoms with Crippen molar-refractivity contribution in [3.05, 3.63) is 35.7 Å². The minimum atomic E-state index is 0.180. The van der Waals surface area contributed by atoms with Gasteiger partial charge in [0.05, 0.1) is 6.04 Å². The molecular weight excluding hydrogens is 316 g/mol. The average Bonchev–Trinajstić information content (AvgIpc) is 3.29. The molecule has 2 aliphatic rings. The number of aryl methyl sites for hydroxylation is 2. The van der Waals surface area contributed by atoms with E-state index in [0.717, 1.165) is 38.1 Å². The molecule has 1 aliphatic heterocycles. The molecule has 2 aromatic heterocycles. The van der Waals surface area contributed by atoms with Crippen LogP contribution in [0.25, 0.3) is 0 Å². The van der Waals surface area contributed by atoms with Crippen molar-refractivity contribution in [3.8, 4) is 0 Å². The van der Waals surface area contributed by atoms with Crippen LogP contribution in [0.15, 0.2) is 22.9 Å². The molecule has 4 rings (SSSR count). The Balaban J connectivity index is 1.43. The van der Waals surface area contributed by atoms with E-state index >= 15 is 0 Å². The van der Waals surface area contributed by atoms with Gasteiger partial charge in [0, 0.05) is 44.2 Å². The lowest BCUT2D eigenvalue weighted by atomic mass is 10.1. The molecule has 3 heterocycles. The first kappa shape index (κ1) is 16.4. The summed E-state index contributed by atoms with van der Waals surface area (Å²) in [4.78, 5) is 19.4. The zero-order valence-corrected chi connectivity index (χ0v) is 14.9. The zero-order chi connectivity index (χ0) is 17.2. The van der Waals surface area contributed by atoms with E-state index in [1.165, 1.54) is 18.5 Å². The van der Waals surface area contributed by atoms with Crippen molar-refractivity contribution in [3.63, 3.8) is 0 Å². The van der Waals surface area contributed by atoms with Gasteiger partial charge in [0.2, 0.25) is 11.8 Å². The Labute approximate surface area is 148 Å². The van der Waals surface area contributed by atoms with Crippen molar-refractivity contribution in [2.24, 2.45) is 7.05 Å². The summed E-state index contributed by atoms with van der Waals surface area (Å²) in [5, 5.41) is 4.04. The standard InChI is InChI=1S/C19H26N4O2/c1-22-12-5-7-15(22)16-6-3-2-4-13-23(16)18(24)11-10-17-20-19(21-25-17)14-8-9-14/h5,7,12,14,16H,2-4,6,8-11,13H2,1H3/t16-/m0/s1. The fourth-order valence-electron chi connectivity index (χ4n) is 3.77. The van der Waals surface area contributed by atoms with Crippen LogP contribution >= 0.6 is 0 Å². The highest BCUT2D eigenvalue weighted by Gasteiger charge is 2.30. The first-order valence-electron chi connectivity index (χ1n) is 9.45. The van der Waals surface area contributed by atoms with Crippen LogP contribution in [0.1, 0.15) is 74.3 Å². The summed E-state index contributed by atoms with van der Waals surface area (Å²) in [6.07, 6.45) is 9.83. The van der Waals surface area contributed by atoms with Crippen LogP contribution in [0.3, 0.4) is 0 Å². The van der Waals surface area contributed by atoms with E-state index < -0.39 is 0 Å². The van der Waals surface area contributed by atoms with Gasteiger partial charge in [-0.1, -0.05) is 18.0 Å². The summed E-state index contributed by atoms with van der Waals surface area (Å²) < 4.78 is 7.45. The van der Waals surface area contributed by atoms with Gasteiger partial charge in [0.15, 0.2) is 5.82 Å². The number of aromatic nitrogens is 3. The normalized spacial score (nSPS) is 21.3. The van der Waals surface area contributed by atoms with Gasteiger partial charge >= 0.3 is 0 Å². The Kier molecular flexibility index (Phi) is 4.59. The van der Waals surface area contributed by atoms with E-state index in [1.807, 2.05) is 0 Å². The van der Waals surface area contributed by atoms with Crippen LogP contribution in [-0.2, 0) is 18.3 Å². The number of carbonyl (C=O) groups excluding carboxylic acids is 1. The Morgan fingerprint density at radius 2 is 2.16 bits per heavy atom. The number of rotatable bonds is 5. The highest BCUT2D eigenvalue weighted by Crippen LogP contribution is 2.38. The van der Waals surface area contributed by atoms with Crippen LogP contribution in [-0.4, -0.2) is 32.1 Å². The highest BCUT2D eigenvalue weighted by atomic mass is 16.5. The summed E-state index contributed by atoms with van der Waals surface area (Å²) >= 11 is 0. The molecule has 2 aromatic rings. The van der Waals surface area contributed by atoms with Gasteiger partial charge in [-0.15, -0.1) is 0 Å². The quantitative estimate of drug-likeness (QED) is 0.836. The average molecular weight is 342 g/mol. The fourth-order valence-corrected chi connectivity index (χ4v) is 3.77. The van der Waals surface area contributed by atoms with Crippen molar-refractivity contribution in [2.75, 3.05) is 6.54 Å². The summed E-state index contributed by atoms with van der Waals surface area (Å²) in [7, 11) is 2.06. The molecule has 0 bridgehead atoms. The molecule has 1 aliphatic carbocycles. The SMILES string of the molecule is Cn1cccc1[C@@H]1CCCCCN1C(=O)CCc1nc(C2CC2)no1. The summed E-state index contributed by atoms with van der Waals surface area (Å²) in [6.45, 7) is 0.839. The number of hydrogen-bond acceptors (Lipinski definition) is 4. The molecule has 1 saturated heterocycles. The molecule has 1 saturated carbocycles. The first-order valence-corrected chi connectivity index (χ1v) is 9.45. The molecule has 2 fully saturated rings. The van der Waals surface area contributed by atoms with E-state index in [1.54, 1.807) is 0 Å². The molecule has 0 aromatic carbocycles. The van der Waals surface area contributed by atoms with Crippen LogP contribution in [0.2, 0.25) is 0 Å². The van der Waals surface area contributed by atoms with Gasteiger partial charge in [0.1, 0.15) is 0 Å². The lowest BCUT2D eigenvalue weighted by Gasteiger charge is -2.30. The van der Waals surface area contributed by atoms with Crippen molar-refractivity contribution >= 4 is 5.91 Å². The van der Waals surface area contributed by atoms with E-state index in [0.29, 0.717) is 24.7 Å². The van der Waals surface area contributed by atoms with E-state index in [4.69, 9.17) is 4.52 Å². The number of carbonyl (C=O) groups is 1. The molecule has 0 radical (unpaired) electrons. The minimum Gasteiger partial charge on any atom is -0.353 e. The van der Waals surface area contributed by atoms with Crippen LogP contribution < -0.4 is 0 Å². The molecule has 0 N–H and O–H groups in total. The van der Waals surface area contributed by atoms with E-state index in [9.17, 15) is 4.79 Å². The van der Waals surface area contributed by atoms with Crippen molar-refractivity contribution in [2.45, 2.75) is 63.3 Å². The highest BCUT2D eigenvalue weighted by molar-refractivity contribution is 5.76. The maximum absolute atomic E-state index is 12.9. The summed E-state index contributed by atoms with van der Waals surface area (Å²) in [6, 6.07) is 4.37.